The number of hydrogen-bond donors (Lipinski definition) is 2. The molecule has 0 spiro atoms. The number of thiazole rings is 1. The van der Waals surface area contributed by atoms with E-state index in [4.69, 9.17) is 5.73 Å². The fourth-order valence-corrected chi connectivity index (χ4v) is 2.33. The van der Waals surface area contributed by atoms with Gasteiger partial charge in [-0.3, -0.25) is 4.98 Å². The van der Waals surface area contributed by atoms with Crippen molar-refractivity contribution in [2.45, 2.75) is 12.5 Å². The van der Waals surface area contributed by atoms with Crippen molar-refractivity contribution in [2.75, 3.05) is 13.1 Å². The van der Waals surface area contributed by atoms with Gasteiger partial charge in [-0.15, -0.1) is 11.3 Å². The SMILES string of the molecule is NCC(CNCc1cncs1)c1ccccc1. The maximum Gasteiger partial charge on any atom is 0.0794 e. The quantitative estimate of drug-likeness (QED) is 0.820. The predicted molar refractivity (Wildman–Crippen MR) is 72.1 cm³/mol. The molecule has 3 nitrogen and oxygen atoms in total. The average Bonchev–Trinajstić information content (AvgIpc) is 2.89. The molecule has 90 valence electrons. The Morgan fingerprint density at radius 1 is 1.29 bits per heavy atom. The molecule has 0 fully saturated rings. The first-order chi connectivity index (χ1) is 8.40. The summed E-state index contributed by atoms with van der Waals surface area (Å²) in [6, 6.07) is 10.4. The van der Waals surface area contributed by atoms with Crippen LogP contribution in [0.5, 0.6) is 0 Å². The Balaban J connectivity index is 1.84. The van der Waals surface area contributed by atoms with Gasteiger partial charge in [-0.05, 0) is 5.56 Å². The van der Waals surface area contributed by atoms with E-state index in [0.29, 0.717) is 12.5 Å². The smallest absolute Gasteiger partial charge is 0.0794 e. The van der Waals surface area contributed by atoms with Gasteiger partial charge in [0, 0.05) is 36.6 Å². The van der Waals surface area contributed by atoms with Gasteiger partial charge in [-0.1, -0.05) is 30.3 Å². The number of aromatic nitrogens is 1. The van der Waals surface area contributed by atoms with Gasteiger partial charge in [0.2, 0.25) is 0 Å². The van der Waals surface area contributed by atoms with Gasteiger partial charge in [-0.2, -0.15) is 0 Å². The topological polar surface area (TPSA) is 50.9 Å². The molecule has 1 atom stereocenters. The lowest BCUT2D eigenvalue weighted by Gasteiger charge is -2.15. The van der Waals surface area contributed by atoms with Gasteiger partial charge in [0.1, 0.15) is 0 Å². The van der Waals surface area contributed by atoms with Crippen molar-refractivity contribution in [3.63, 3.8) is 0 Å². The molecule has 4 heteroatoms. The third kappa shape index (κ3) is 3.63. The second kappa shape index (κ2) is 6.49. The molecule has 3 N–H and O–H groups in total. The van der Waals surface area contributed by atoms with Crippen LogP contribution in [0.2, 0.25) is 0 Å². The Labute approximate surface area is 106 Å². The minimum atomic E-state index is 0.379. The van der Waals surface area contributed by atoms with Gasteiger partial charge in [0.25, 0.3) is 0 Å². The van der Waals surface area contributed by atoms with Crippen LogP contribution in [0.25, 0.3) is 0 Å². The molecule has 1 aromatic heterocycles. The van der Waals surface area contributed by atoms with Crippen molar-refractivity contribution in [1.82, 2.24) is 10.3 Å². The van der Waals surface area contributed by atoms with Crippen LogP contribution in [0.15, 0.2) is 42.0 Å². The second-order valence-electron chi connectivity index (χ2n) is 3.94. The molecule has 0 aliphatic carbocycles. The Hall–Kier alpha value is -1.23. The molecule has 0 saturated carbocycles. The van der Waals surface area contributed by atoms with Crippen LogP contribution in [0.1, 0.15) is 16.4 Å². The summed E-state index contributed by atoms with van der Waals surface area (Å²) in [6.07, 6.45) is 1.90. The molecule has 0 saturated heterocycles. The zero-order valence-corrected chi connectivity index (χ0v) is 10.5. The van der Waals surface area contributed by atoms with Crippen molar-refractivity contribution in [2.24, 2.45) is 5.73 Å². The lowest BCUT2D eigenvalue weighted by Crippen LogP contribution is -2.26. The van der Waals surface area contributed by atoms with Crippen molar-refractivity contribution in [3.8, 4) is 0 Å². The summed E-state index contributed by atoms with van der Waals surface area (Å²) in [5.74, 6) is 0.379. The summed E-state index contributed by atoms with van der Waals surface area (Å²) in [4.78, 5) is 5.31. The highest BCUT2D eigenvalue weighted by Crippen LogP contribution is 2.13. The van der Waals surface area contributed by atoms with Gasteiger partial charge in [-0.25, -0.2) is 0 Å². The monoisotopic (exact) mass is 247 g/mol. The van der Waals surface area contributed by atoms with E-state index < -0.39 is 0 Å². The molecule has 0 aliphatic heterocycles. The molecule has 0 amide bonds. The minimum absolute atomic E-state index is 0.379. The predicted octanol–water partition coefficient (Wildman–Crippen LogP) is 1.98. The fraction of sp³-hybridized carbons (Fsp3) is 0.308. The van der Waals surface area contributed by atoms with E-state index in [1.807, 2.05) is 17.8 Å². The number of benzene rings is 1. The summed E-state index contributed by atoms with van der Waals surface area (Å²) in [6.45, 7) is 2.44. The molecule has 2 rings (SSSR count). The number of nitrogens with two attached hydrogens (primary N) is 1. The number of hydrogen-bond acceptors (Lipinski definition) is 4. The zero-order valence-electron chi connectivity index (χ0n) is 9.67. The highest BCUT2D eigenvalue weighted by molar-refractivity contribution is 7.09. The number of nitrogens with one attached hydrogen (secondary N) is 1. The minimum Gasteiger partial charge on any atom is -0.330 e. The molecule has 17 heavy (non-hydrogen) atoms. The summed E-state index contributed by atoms with van der Waals surface area (Å²) >= 11 is 1.67. The fourth-order valence-electron chi connectivity index (χ4n) is 1.76. The third-order valence-electron chi connectivity index (χ3n) is 2.73. The van der Waals surface area contributed by atoms with E-state index in [1.54, 1.807) is 11.3 Å². The Bertz CT molecular complexity index is 413. The van der Waals surface area contributed by atoms with E-state index in [1.165, 1.54) is 10.4 Å². The van der Waals surface area contributed by atoms with Crippen molar-refractivity contribution >= 4 is 11.3 Å². The Kier molecular flexibility index (Phi) is 4.67. The summed E-state index contributed by atoms with van der Waals surface area (Å²) in [5, 5.41) is 3.43. The summed E-state index contributed by atoms with van der Waals surface area (Å²) in [7, 11) is 0. The summed E-state index contributed by atoms with van der Waals surface area (Å²) in [5.41, 5.74) is 8.97. The molecule has 0 radical (unpaired) electrons. The van der Waals surface area contributed by atoms with Crippen LogP contribution in [-0.4, -0.2) is 18.1 Å². The van der Waals surface area contributed by atoms with Gasteiger partial charge >= 0.3 is 0 Å². The van der Waals surface area contributed by atoms with Gasteiger partial charge < -0.3 is 11.1 Å². The largest absolute Gasteiger partial charge is 0.330 e. The molecule has 1 unspecified atom stereocenters. The van der Waals surface area contributed by atoms with Gasteiger partial charge in [0.15, 0.2) is 0 Å². The van der Waals surface area contributed by atoms with E-state index in [-0.39, 0.29) is 0 Å². The molecule has 0 bridgehead atoms. The van der Waals surface area contributed by atoms with Crippen LogP contribution < -0.4 is 11.1 Å². The van der Waals surface area contributed by atoms with Crippen LogP contribution in [0.4, 0.5) is 0 Å². The van der Waals surface area contributed by atoms with Gasteiger partial charge in [0.05, 0.1) is 5.51 Å². The van der Waals surface area contributed by atoms with Crippen molar-refractivity contribution < 1.29 is 0 Å². The Morgan fingerprint density at radius 3 is 2.76 bits per heavy atom. The van der Waals surface area contributed by atoms with E-state index in [9.17, 15) is 0 Å². The first-order valence-corrected chi connectivity index (χ1v) is 6.61. The second-order valence-corrected chi connectivity index (χ2v) is 4.91. The van der Waals surface area contributed by atoms with Crippen molar-refractivity contribution in [1.29, 1.82) is 0 Å². The zero-order chi connectivity index (χ0) is 11.9. The number of nitrogens with zero attached hydrogens (tertiary/aromatic N) is 1. The lowest BCUT2D eigenvalue weighted by atomic mass is 9.99. The van der Waals surface area contributed by atoms with Crippen molar-refractivity contribution in [3.05, 3.63) is 52.5 Å². The molecular formula is C13H17N3S. The molecule has 0 aliphatic rings. The molecule has 1 heterocycles. The summed E-state index contributed by atoms with van der Waals surface area (Å²) < 4.78 is 0. The molecule has 2 aromatic rings. The van der Waals surface area contributed by atoms with Crippen LogP contribution in [0, 0.1) is 0 Å². The van der Waals surface area contributed by atoms with Crippen LogP contribution in [-0.2, 0) is 6.54 Å². The highest BCUT2D eigenvalue weighted by atomic mass is 32.1. The van der Waals surface area contributed by atoms with E-state index >= 15 is 0 Å². The first-order valence-electron chi connectivity index (χ1n) is 5.73. The van der Waals surface area contributed by atoms with E-state index in [0.717, 1.165) is 13.1 Å². The standard InChI is InChI=1S/C13H17N3S/c14-6-12(11-4-2-1-3-5-11)7-15-8-13-9-16-10-17-13/h1-5,9-10,12,15H,6-8,14H2. The maximum absolute atomic E-state index is 5.81. The van der Waals surface area contributed by atoms with E-state index in [2.05, 4.69) is 34.6 Å². The third-order valence-corrected chi connectivity index (χ3v) is 3.51. The van der Waals surface area contributed by atoms with Crippen LogP contribution >= 0.6 is 11.3 Å². The first kappa shape index (κ1) is 12.2. The number of rotatable bonds is 6. The normalized spacial score (nSPS) is 12.5. The average molecular weight is 247 g/mol. The molecular weight excluding hydrogens is 230 g/mol. The lowest BCUT2D eigenvalue weighted by molar-refractivity contribution is 0.591. The Morgan fingerprint density at radius 2 is 2.12 bits per heavy atom. The maximum atomic E-state index is 5.81. The molecule has 1 aromatic carbocycles. The van der Waals surface area contributed by atoms with Crippen LogP contribution in [0.3, 0.4) is 0 Å². The highest BCUT2D eigenvalue weighted by Gasteiger charge is 2.08.